The highest BCUT2D eigenvalue weighted by Crippen LogP contribution is 2.29. The van der Waals surface area contributed by atoms with Crippen molar-refractivity contribution in [3.63, 3.8) is 0 Å². The van der Waals surface area contributed by atoms with Crippen LogP contribution < -0.4 is 10.6 Å². The van der Waals surface area contributed by atoms with Crippen LogP contribution in [-0.4, -0.2) is 59.0 Å². The molecule has 8 nitrogen and oxygen atoms in total. The molecule has 0 spiro atoms. The van der Waals surface area contributed by atoms with E-state index in [2.05, 4.69) is 32.5 Å². The van der Waals surface area contributed by atoms with Gasteiger partial charge in [-0.1, -0.05) is 41.9 Å². The molecule has 1 aliphatic heterocycles. The van der Waals surface area contributed by atoms with Crippen molar-refractivity contribution in [3.8, 4) is 0 Å². The number of amides is 2. The molecule has 1 saturated carbocycles. The summed E-state index contributed by atoms with van der Waals surface area (Å²) in [6.45, 7) is 2.84. The van der Waals surface area contributed by atoms with Gasteiger partial charge in [-0.3, -0.25) is 9.59 Å². The van der Waals surface area contributed by atoms with Crippen LogP contribution in [-0.2, 0) is 24.3 Å². The minimum atomic E-state index is -0.238. The lowest BCUT2D eigenvalue weighted by Gasteiger charge is -2.21. The molecule has 2 aromatic carbocycles. The van der Waals surface area contributed by atoms with Gasteiger partial charge in [-0.25, -0.2) is 4.98 Å². The van der Waals surface area contributed by atoms with E-state index in [0.29, 0.717) is 41.8 Å². The molecule has 1 aliphatic carbocycles. The molecule has 3 heterocycles. The third kappa shape index (κ3) is 6.07. The Balaban J connectivity index is 1.15. The lowest BCUT2D eigenvalue weighted by atomic mass is 10.1. The van der Waals surface area contributed by atoms with Gasteiger partial charge in [0.05, 0.1) is 12.3 Å². The Labute approximate surface area is 242 Å². The number of nitrogens with one attached hydrogen (secondary N) is 3. The van der Waals surface area contributed by atoms with E-state index in [1.54, 1.807) is 12.1 Å². The maximum atomic E-state index is 13.3. The summed E-state index contributed by atoms with van der Waals surface area (Å²) in [6, 6.07) is 16.9. The maximum absolute atomic E-state index is 13.3. The molecule has 6 rings (SSSR count). The minimum absolute atomic E-state index is 0.183. The van der Waals surface area contributed by atoms with E-state index < -0.39 is 0 Å². The fraction of sp³-hybridized carbons (Fsp3) is 0.367. The monoisotopic (exact) mass is 577 g/mol. The van der Waals surface area contributed by atoms with Crippen molar-refractivity contribution in [2.24, 2.45) is 5.92 Å². The highest BCUT2D eigenvalue weighted by atomic mass is 35.5. The quantitative estimate of drug-likeness (QED) is 0.280. The lowest BCUT2D eigenvalue weighted by Crippen LogP contribution is -2.48. The summed E-state index contributed by atoms with van der Waals surface area (Å²) in [5.74, 6) is -0.202. The Kier molecular flexibility index (Phi) is 7.89. The molecule has 3 atom stereocenters. The van der Waals surface area contributed by atoms with Crippen LogP contribution in [0.15, 0.2) is 54.6 Å². The van der Waals surface area contributed by atoms with Crippen molar-refractivity contribution in [2.45, 2.75) is 44.5 Å². The molecular weight excluding hydrogens is 546 g/mol. The summed E-state index contributed by atoms with van der Waals surface area (Å²) in [5, 5.41) is 8.34. The number of carbonyl (C=O) groups excluding carboxylic acids is 2. The molecule has 0 radical (unpaired) electrons. The molecule has 3 N–H and O–H groups in total. The average Bonchev–Trinajstić information content (AvgIpc) is 3.66. The van der Waals surface area contributed by atoms with Crippen LogP contribution in [0.25, 0.3) is 10.9 Å². The van der Waals surface area contributed by atoms with Gasteiger partial charge >= 0.3 is 0 Å². The van der Waals surface area contributed by atoms with Crippen LogP contribution in [0.4, 0.5) is 0 Å². The number of H-pyrrole nitrogens is 1. The summed E-state index contributed by atoms with van der Waals surface area (Å²) in [6.07, 6.45) is 2.27. The van der Waals surface area contributed by atoms with Crippen molar-refractivity contribution in [1.29, 1.82) is 0 Å². The number of fused-ring (bicyclic) bond motifs is 2. The Morgan fingerprint density at radius 3 is 2.67 bits per heavy atom. The number of benzene rings is 2. The number of nitrogens with zero attached hydrogens (tertiary/aromatic N) is 2. The fourth-order valence-electron chi connectivity index (χ4n) is 5.64. The van der Waals surface area contributed by atoms with E-state index in [1.165, 1.54) is 11.3 Å². The Bertz CT molecular complexity index is 1520. The summed E-state index contributed by atoms with van der Waals surface area (Å²) in [7, 11) is 2.08. The molecule has 0 saturated heterocycles. The van der Waals surface area contributed by atoms with Gasteiger partial charge in [-0.15, -0.1) is 11.3 Å². The topological polar surface area (TPSA) is 99.3 Å². The van der Waals surface area contributed by atoms with Crippen LogP contribution in [0.3, 0.4) is 0 Å². The van der Waals surface area contributed by atoms with Crippen LogP contribution in [0.2, 0.25) is 5.02 Å². The summed E-state index contributed by atoms with van der Waals surface area (Å²) in [5.41, 5.74) is 3.45. The van der Waals surface area contributed by atoms with Gasteiger partial charge in [0.1, 0.15) is 5.69 Å². The standard InChI is InChI=1S/C30H32ClN5O3S/c1-36-10-9-23-27(15-36)40-30(35-23)29(38)34-25-12-19(17-39-16-18-5-3-2-4-6-18)11-24(25)33-28(37)26-14-20-13-21(31)7-8-22(20)32-26/h2-8,13-14,19,24-25,32H,9-12,15-17H2,1H3,(H,33,37)(H,34,38)/t19?,24?,25-/m1/s1. The van der Waals surface area contributed by atoms with Crippen molar-refractivity contribution < 1.29 is 14.3 Å². The third-order valence-electron chi connectivity index (χ3n) is 7.70. The van der Waals surface area contributed by atoms with Gasteiger partial charge in [-0.05, 0) is 55.6 Å². The highest BCUT2D eigenvalue weighted by molar-refractivity contribution is 7.13. The van der Waals surface area contributed by atoms with E-state index in [-0.39, 0.29) is 29.8 Å². The van der Waals surface area contributed by atoms with E-state index in [1.807, 2.05) is 42.5 Å². The van der Waals surface area contributed by atoms with Gasteiger partial charge in [0.2, 0.25) is 0 Å². The predicted molar refractivity (Wildman–Crippen MR) is 157 cm³/mol. The highest BCUT2D eigenvalue weighted by Gasteiger charge is 2.37. The lowest BCUT2D eigenvalue weighted by molar-refractivity contribution is 0.0857. The second-order valence-electron chi connectivity index (χ2n) is 10.8. The average molecular weight is 578 g/mol. The Morgan fingerprint density at radius 2 is 1.88 bits per heavy atom. The number of aromatic amines is 1. The molecule has 10 heteroatoms. The third-order valence-corrected chi connectivity index (χ3v) is 9.02. The molecule has 40 heavy (non-hydrogen) atoms. The number of carbonyl (C=O) groups is 2. The Morgan fingerprint density at radius 1 is 1.10 bits per heavy atom. The Hall–Kier alpha value is -3.24. The zero-order chi connectivity index (χ0) is 27.6. The number of likely N-dealkylation sites (N-methyl/N-ethyl adjacent to an activating group) is 1. The van der Waals surface area contributed by atoms with E-state index in [0.717, 1.165) is 46.5 Å². The van der Waals surface area contributed by atoms with Crippen LogP contribution >= 0.6 is 22.9 Å². The van der Waals surface area contributed by atoms with E-state index >= 15 is 0 Å². The first-order chi connectivity index (χ1) is 19.4. The first kappa shape index (κ1) is 27.0. The van der Waals surface area contributed by atoms with Crippen LogP contribution in [0, 0.1) is 5.92 Å². The number of hydrogen-bond donors (Lipinski definition) is 3. The van der Waals surface area contributed by atoms with Gasteiger partial charge < -0.3 is 25.3 Å². The molecule has 4 aromatic rings. The van der Waals surface area contributed by atoms with Gasteiger partial charge in [0.25, 0.3) is 11.8 Å². The second kappa shape index (κ2) is 11.7. The number of ether oxygens (including phenoxy) is 1. The molecule has 0 bridgehead atoms. The minimum Gasteiger partial charge on any atom is -0.376 e. The normalized spacial score (nSPS) is 20.9. The van der Waals surface area contributed by atoms with Crippen LogP contribution in [0.1, 0.15) is 49.3 Å². The van der Waals surface area contributed by atoms with E-state index in [9.17, 15) is 9.59 Å². The maximum Gasteiger partial charge on any atom is 0.280 e. The number of thiazole rings is 1. The van der Waals surface area contributed by atoms with Crippen molar-refractivity contribution in [2.75, 3.05) is 20.2 Å². The van der Waals surface area contributed by atoms with E-state index in [4.69, 9.17) is 16.3 Å². The SMILES string of the molecule is CN1CCc2nc(C(=O)N[C@@H]3CC(COCc4ccccc4)CC3NC(=O)c3cc4cc(Cl)ccc4[nH]3)sc2C1. The van der Waals surface area contributed by atoms with Gasteiger partial charge in [0.15, 0.2) is 5.01 Å². The number of hydrogen-bond acceptors (Lipinski definition) is 6. The zero-order valence-corrected chi connectivity index (χ0v) is 23.9. The van der Waals surface area contributed by atoms with Gasteiger partial charge in [0, 0.05) is 59.0 Å². The molecule has 1 fully saturated rings. The predicted octanol–water partition coefficient (Wildman–Crippen LogP) is 4.79. The first-order valence-electron chi connectivity index (χ1n) is 13.6. The zero-order valence-electron chi connectivity index (χ0n) is 22.3. The molecule has 2 aliphatic rings. The number of halogens is 1. The molecule has 2 amide bonds. The first-order valence-corrected chi connectivity index (χ1v) is 14.8. The molecule has 208 valence electrons. The largest absolute Gasteiger partial charge is 0.376 e. The molecule has 2 aromatic heterocycles. The van der Waals surface area contributed by atoms with Crippen molar-refractivity contribution in [3.05, 3.63) is 86.5 Å². The summed E-state index contributed by atoms with van der Waals surface area (Å²) < 4.78 is 6.04. The van der Waals surface area contributed by atoms with Gasteiger partial charge in [-0.2, -0.15) is 0 Å². The number of rotatable bonds is 8. The molecule has 2 unspecified atom stereocenters. The fourth-order valence-corrected chi connectivity index (χ4v) is 6.91. The summed E-state index contributed by atoms with van der Waals surface area (Å²) >= 11 is 7.59. The smallest absolute Gasteiger partial charge is 0.280 e. The summed E-state index contributed by atoms with van der Waals surface area (Å²) in [4.78, 5) is 37.8. The van der Waals surface area contributed by atoms with Crippen molar-refractivity contribution >= 4 is 45.7 Å². The number of aromatic nitrogens is 2. The van der Waals surface area contributed by atoms with Crippen molar-refractivity contribution in [1.82, 2.24) is 25.5 Å². The van der Waals surface area contributed by atoms with Crippen LogP contribution in [0.5, 0.6) is 0 Å². The molecular formula is C30H32ClN5O3S. The second-order valence-corrected chi connectivity index (χ2v) is 12.3.